The summed E-state index contributed by atoms with van der Waals surface area (Å²) in [6, 6.07) is 7.17. The van der Waals surface area contributed by atoms with Crippen molar-refractivity contribution in [2.24, 2.45) is 0 Å². The number of carbonyl (C=O) groups excluding carboxylic acids is 1. The molecule has 126 valence electrons. The lowest BCUT2D eigenvalue weighted by Gasteiger charge is -2.29. The van der Waals surface area contributed by atoms with Crippen LogP contribution in [0.2, 0.25) is 0 Å². The minimum Gasteiger partial charge on any atom is -0.388 e. The number of hydrogen-bond donors (Lipinski definition) is 1. The first-order chi connectivity index (χ1) is 11.6. The summed E-state index contributed by atoms with van der Waals surface area (Å²) >= 11 is 0. The van der Waals surface area contributed by atoms with Gasteiger partial charge in [-0.15, -0.1) is 0 Å². The molecule has 2 heterocycles. The highest BCUT2D eigenvalue weighted by atomic mass is 16.3. The molecular formula is C18H21N3O3. The molecule has 2 aromatic rings. The fraction of sp³-hybridized carbons (Fsp3) is 0.500. The molecular weight excluding hydrogens is 306 g/mol. The number of likely N-dealkylation sites (tertiary alicyclic amines) is 1. The first-order valence-corrected chi connectivity index (χ1v) is 8.54. The molecule has 1 aliphatic carbocycles. The van der Waals surface area contributed by atoms with Crippen molar-refractivity contribution in [3.63, 3.8) is 0 Å². The van der Waals surface area contributed by atoms with Crippen molar-refractivity contribution < 1.29 is 9.90 Å². The number of para-hydroxylation sites is 1. The molecule has 0 bridgehead atoms. The second kappa shape index (κ2) is 5.70. The van der Waals surface area contributed by atoms with E-state index in [-0.39, 0.29) is 23.9 Å². The van der Waals surface area contributed by atoms with Gasteiger partial charge in [-0.1, -0.05) is 12.1 Å². The SMILES string of the molecule is O=C(CCn1cnc2ccccc2c1=O)N1CCCC1C1(O)CC1. The van der Waals surface area contributed by atoms with Gasteiger partial charge in [-0.05, 0) is 37.8 Å². The van der Waals surface area contributed by atoms with E-state index in [1.807, 2.05) is 17.0 Å². The molecule has 0 radical (unpaired) electrons. The molecule has 1 saturated carbocycles. The monoisotopic (exact) mass is 327 g/mol. The number of rotatable bonds is 4. The lowest BCUT2D eigenvalue weighted by molar-refractivity contribution is -0.135. The van der Waals surface area contributed by atoms with Crippen molar-refractivity contribution in [2.45, 2.75) is 50.3 Å². The number of aromatic nitrogens is 2. The lowest BCUT2D eigenvalue weighted by Crippen LogP contribution is -2.44. The van der Waals surface area contributed by atoms with Crippen molar-refractivity contribution in [3.8, 4) is 0 Å². The number of hydrogen-bond acceptors (Lipinski definition) is 4. The second-order valence-electron chi connectivity index (χ2n) is 6.86. The average Bonchev–Trinajstić information content (AvgIpc) is 3.14. The quantitative estimate of drug-likeness (QED) is 0.918. The van der Waals surface area contributed by atoms with Crippen LogP contribution in [0.5, 0.6) is 0 Å². The molecule has 4 rings (SSSR count). The molecule has 1 unspecified atom stereocenters. The third-order valence-corrected chi connectivity index (χ3v) is 5.25. The largest absolute Gasteiger partial charge is 0.388 e. The van der Waals surface area contributed by atoms with Crippen molar-refractivity contribution >= 4 is 16.8 Å². The maximum atomic E-state index is 12.6. The summed E-state index contributed by atoms with van der Waals surface area (Å²) in [5, 5.41) is 10.9. The van der Waals surface area contributed by atoms with E-state index in [0.717, 1.165) is 25.7 Å². The average molecular weight is 327 g/mol. The predicted molar refractivity (Wildman–Crippen MR) is 89.5 cm³/mol. The molecule has 1 aromatic heterocycles. The Morgan fingerprint density at radius 3 is 2.92 bits per heavy atom. The zero-order valence-electron chi connectivity index (χ0n) is 13.5. The van der Waals surface area contributed by atoms with Gasteiger partial charge in [0.25, 0.3) is 5.56 Å². The first-order valence-electron chi connectivity index (χ1n) is 8.54. The number of aliphatic hydroxyl groups is 1. The van der Waals surface area contributed by atoms with E-state index in [0.29, 0.717) is 24.0 Å². The van der Waals surface area contributed by atoms with Gasteiger partial charge in [0.05, 0.1) is 28.9 Å². The lowest BCUT2D eigenvalue weighted by atomic mass is 10.1. The summed E-state index contributed by atoms with van der Waals surface area (Å²) in [5.74, 6) is 0.0119. The van der Waals surface area contributed by atoms with Gasteiger partial charge >= 0.3 is 0 Å². The van der Waals surface area contributed by atoms with Crippen LogP contribution >= 0.6 is 0 Å². The summed E-state index contributed by atoms with van der Waals surface area (Å²) in [6.07, 6.45) is 5.15. The molecule has 1 atom stereocenters. The molecule has 2 fully saturated rings. The van der Waals surface area contributed by atoms with Crippen LogP contribution in [0.4, 0.5) is 0 Å². The topological polar surface area (TPSA) is 75.4 Å². The highest BCUT2D eigenvalue weighted by Crippen LogP contribution is 2.44. The van der Waals surface area contributed by atoms with Crippen LogP contribution in [0.15, 0.2) is 35.4 Å². The Kier molecular flexibility index (Phi) is 3.64. The predicted octanol–water partition coefficient (Wildman–Crippen LogP) is 1.30. The van der Waals surface area contributed by atoms with Gasteiger partial charge in [0.1, 0.15) is 0 Å². The Hall–Kier alpha value is -2.21. The minimum atomic E-state index is -0.659. The number of amides is 1. The van der Waals surface area contributed by atoms with Gasteiger partial charge in [-0.2, -0.15) is 0 Å². The van der Waals surface area contributed by atoms with Crippen molar-refractivity contribution in [3.05, 3.63) is 40.9 Å². The van der Waals surface area contributed by atoms with Gasteiger partial charge in [0, 0.05) is 19.5 Å². The number of aryl methyl sites for hydroxylation is 1. The van der Waals surface area contributed by atoms with Gasteiger partial charge in [0.2, 0.25) is 5.91 Å². The van der Waals surface area contributed by atoms with Crippen LogP contribution in [-0.4, -0.2) is 43.7 Å². The zero-order chi connectivity index (χ0) is 16.7. The number of fused-ring (bicyclic) bond motifs is 1. The normalized spacial score (nSPS) is 22.0. The van der Waals surface area contributed by atoms with Gasteiger partial charge in [-0.3, -0.25) is 14.2 Å². The maximum absolute atomic E-state index is 12.6. The molecule has 1 aromatic carbocycles. The molecule has 2 aliphatic rings. The van der Waals surface area contributed by atoms with Gasteiger partial charge < -0.3 is 10.0 Å². The van der Waals surface area contributed by atoms with E-state index in [1.54, 1.807) is 12.1 Å². The van der Waals surface area contributed by atoms with Crippen LogP contribution in [-0.2, 0) is 11.3 Å². The Morgan fingerprint density at radius 1 is 1.33 bits per heavy atom. The van der Waals surface area contributed by atoms with E-state index in [1.165, 1.54) is 10.9 Å². The molecule has 1 amide bonds. The standard InChI is InChI=1S/C18H21N3O3/c22-16(21-10-3-6-15(21)18(24)8-9-18)7-11-20-12-19-14-5-2-1-4-13(14)17(20)23/h1-2,4-5,12,15,24H,3,6-11H2. The third-order valence-electron chi connectivity index (χ3n) is 5.25. The highest BCUT2D eigenvalue weighted by molar-refractivity contribution is 5.78. The van der Waals surface area contributed by atoms with E-state index in [4.69, 9.17) is 0 Å². The summed E-state index contributed by atoms with van der Waals surface area (Å²) in [6.45, 7) is 1.02. The fourth-order valence-corrected chi connectivity index (χ4v) is 3.71. The number of benzene rings is 1. The Bertz CT molecular complexity index is 841. The third kappa shape index (κ3) is 2.60. The second-order valence-corrected chi connectivity index (χ2v) is 6.86. The molecule has 0 spiro atoms. The Morgan fingerprint density at radius 2 is 2.12 bits per heavy atom. The van der Waals surface area contributed by atoms with Crippen LogP contribution in [0.3, 0.4) is 0 Å². The Labute approximate surface area is 139 Å². The molecule has 24 heavy (non-hydrogen) atoms. The van der Waals surface area contributed by atoms with Gasteiger partial charge in [0.15, 0.2) is 0 Å². The van der Waals surface area contributed by atoms with Crippen LogP contribution < -0.4 is 5.56 Å². The van der Waals surface area contributed by atoms with Crippen LogP contribution in [0, 0.1) is 0 Å². The molecule has 1 aliphatic heterocycles. The summed E-state index contributed by atoms with van der Waals surface area (Å²) in [7, 11) is 0. The fourth-order valence-electron chi connectivity index (χ4n) is 3.71. The van der Waals surface area contributed by atoms with Gasteiger partial charge in [-0.25, -0.2) is 4.98 Å². The van der Waals surface area contributed by atoms with E-state index >= 15 is 0 Å². The van der Waals surface area contributed by atoms with E-state index in [9.17, 15) is 14.7 Å². The maximum Gasteiger partial charge on any atom is 0.261 e. The summed E-state index contributed by atoms with van der Waals surface area (Å²) in [4.78, 5) is 31.1. The van der Waals surface area contributed by atoms with Crippen LogP contribution in [0.1, 0.15) is 32.1 Å². The molecule has 1 N–H and O–H groups in total. The zero-order valence-corrected chi connectivity index (χ0v) is 13.5. The minimum absolute atomic E-state index is 0.0119. The van der Waals surface area contributed by atoms with Crippen LogP contribution in [0.25, 0.3) is 10.9 Å². The molecule has 6 nitrogen and oxygen atoms in total. The molecule has 6 heteroatoms. The van der Waals surface area contributed by atoms with Crippen molar-refractivity contribution in [2.75, 3.05) is 6.54 Å². The first kappa shape index (κ1) is 15.3. The number of nitrogens with zero attached hydrogens (tertiary/aromatic N) is 3. The highest BCUT2D eigenvalue weighted by Gasteiger charge is 2.52. The summed E-state index contributed by atoms with van der Waals surface area (Å²) in [5.41, 5.74) is -0.110. The van der Waals surface area contributed by atoms with Crippen molar-refractivity contribution in [1.82, 2.24) is 14.5 Å². The molecule has 1 saturated heterocycles. The van der Waals surface area contributed by atoms with E-state index < -0.39 is 5.60 Å². The Balaban J connectivity index is 1.48. The van der Waals surface area contributed by atoms with E-state index in [2.05, 4.69) is 4.98 Å². The number of carbonyl (C=O) groups is 1. The summed E-state index contributed by atoms with van der Waals surface area (Å²) < 4.78 is 1.50. The van der Waals surface area contributed by atoms with Crippen molar-refractivity contribution in [1.29, 1.82) is 0 Å². The smallest absolute Gasteiger partial charge is 0.261 e.